The Kier molecular flexibility index (Phi) is 6.35. The topological polar surface area (TPSA) is 18.5 Å². The molecule has 0 saturated heterocycles. The molecular weight excluding hydrogens is 291 g/mol. The summed E-state index contributed by atoms with van der Waals surface area (Å²) >= 11 is 5.60. The highest BCUT2D eigenvalue weighted by Gasteiger charge is 2.23. The summed E-state index contributed by atoms with van der Waals surface area (Å²) in [6, 6.07) is 4.46. The van der Waals surface area contributed by atoms with Crippen LogP contribution in [0, 0.1) is 17.7 Å². The van der Waals surface area contributed by atoms with E-state index >= 15 is 0 Å². The third-order valence-electron chi connectivity index (χ3n) is 3.59. The molecule has 2 nitrogen and oxygen atoms in total. The van der Waals surface area contributed by atoms with Crippen LogP contribution in [0.15, 0.2) is 18.2 Å². The van der Waals surface area contributed by atoms with Crippen molar-refractivity contribution in [2.75, 3.05) is 13.0 Å². The largest absolute Gasteiger partial charge is 0.489 e. The van der Waals surface area contributed by atoms with E-state index in [1.54, 1.807) is 13.2 Å². The fraction of sp³-hybridized carbons (Fsp3) is 0.529. The van der Waals surface area contributed by atoms with Gasteiger partial charge < -0.3 is 9.47 Å². The van der Waals surface area contributed by atoms with Gasteiger partial charge in [-0.05, 0) is 37.5 Å². The maximum Gasteiger partial charge on any atom is 0.135 e. The number of benzene rings is 1. The van der Waals surface area contributed by atoms with Crippen LogP contribution in [0.25, 0.3) is 0 Å². The Hall–Kier alpha value is -1.24. The van der Waals surface area contributed by atoms with E-state index in [0.717, 1.165) is 25.7 Å². The van der Waals surface area contributed by atoms with Gasteiger partial charge in [0, 0.05) is 25.8 Å². The van der Waals surface area contributed by atoms with Crippen LogP contribution < -0.4 is 4.74 Å². The summed E-state index contributed by atoms with van der Waals surface area (Å²) in [5, 5.41) is 0. The van der Waals surface area contributed by atoms with Gasteiger partial charge in [-0.3, -0.25) is 0 Å². The summed E-state index contributed by atoms with van der Waals surface area (Å²) in [6.45, 7) is 0. The second-order valence-electron chi connectivity index (χ2n) is 5.15. The number of hydrogen-bond donors (Lipinski definition) is 0. The molecule has 0 radical (unpaired) electrons. The average molecular weight is 311 g/mol. The minimum absolute atomic E-state index is 0.0998. The van der Waals surface area contributed by atoms with E-state index in [0.29, 0.717) is 23.6 Å². The van der Waals surface area contributed by atoms with Gasteiger partial charge in [-0.25, -0.2) is 4.39 Å². The molecule has 2 rings (SSSR count). The lowest BCUT2D eigenvalue weighted by molar-refractivity contribution is 0.0208. The zero-order valence-electron chi connectivity index (χ0n) is 12.2. The highest BCUT2D eigenvalue weighted by atomic mass is 35.5. The number of halogens is 2. The molecule has 0 aliphatic heterocycles. The van der Waals surface area contributed by atoms with E-state index in [2.05, 4.69) is 11.8 Å². The van der Waals surface area contributed by atoms with E-state index in [9.17, 15) is 4.39 Å². The first-order valence-electron chi connectivity index (χ1n) is 7.26. The van der Waals surface area contributed by atoms with E-state index in [1.165, 1.54) is 12.1 Å². The van der Waals surface area contributed by atoms with Crippen LogP contribution in [0.1, 0.15) is 37.7 Å². The Morgan fingerprint density at radius 3 is 2.90 bits per heavy atom. The summed E-state index contributed by atoms with van der Waals surface area (Å²) in [5.74, 6) is 6.66. The second kappa shape index (κ2) is 8.26. The molecule has 0 amide bonds. The highest BCUT2D eigenvalue weighted by molar-refractivity contribution is 6.18. The third-order valence-corrected chi connectivity index (χ3v) is 3.78. The van der Waals surface area contributed by atoms with Crippen molar-refractivity contribution in [2.24, 2.45) is 0 Å². The van der Waals surface area contributed by atoms with Crippen molar-refractivity contribution in [3.63, 3.8) is 0 Å². The number of alkyl halides is 1. The minimum Gasteiger partial charge on any atom is -0.489 e. The van der Waals surface area contributed by atoms with Gasteiger partial charge in [0.15, 0.2) is 0 Å². The SMILES string of the molecule is COC1CCCC(Oc2ccc(F)cc2C#CCCCl)C1. The van der Waals surface area contributed by atoms with Gasteiger partial charge >= 0.3 is 0 Å². The van der Waals surface area contributed by atoms with Crippen molar-refractivity contribution in [2.45, 2.75) is 44.3 Å². The van der Waals surface area contributed by atoms with Crippen LogP contribution >= 0.6 is 11.6 Å². The van der Waals surface area contributed by atoms with Gasteiger partial charge in [0.1, 0.15) is 17.7 Å². The van der Waals surface area contributed by atoms with E-state index in [-0.39, 0.29) is 18.0 Å². The summed E-state index contributed by atoms with van der Waals surface area (Å²) in [5.41, 5.74) is 0.583. The molecule has 2 atom stereocenters. The third kappa shape index (κ3) is 4.91. The van der Waals surface area contributed by atoms with Crippen LogP contribution in [0.3, 0.4) is 0 Å². The van der Waals surface area contributed by atoms with Crippen molar-refractivity contribution < 1.29 is 13.9 Å². The van der Waals surface area contributed by atoms with E-state index in [4.69, 9.17) is 21.1 Å². The van der Waals surface area contributed by atoms with E-state index < -0.39 is 0 Å². The molecule has 1 aliphatic rings. The van der Waals surface area contributed by atoms with Crippen LogP contribution in [-0.4, -0.2) is 25.2 Å². The molecule has 1 saturated carbocycles. The quantitative estimate of drug-likeness (QED) is 0.614. The van der Waals surface area contributed by atoms with Gasteiger partial charge in [-0.15, -0.1) is 11.6 Å². The van der Waals surface area contributed by atoms with E-state index in [1.807, 2.05) is 0 Å². The zero-order chi connectivity index (χ0) is 15.1. The molecule has 2 unspecified atom stereocenters. The minimum atomic E-state index is -0.309. The number of methoxy groups -OCH3 is 1. The van der Waals surface area contributed by atoms with Gasteiger partial charge in [-0.1, -0.05) is 11.8 Å². The van der Waals surface area contributed by atoms with Crippen molar-refractivity contribution in [3.05, 3.63) is 29.6 Å². The number of ether oxygens (including phenoxy) is 2. The standard InChI is InChI=1S/C17H20ClFO2/c1-20-15-6-4-7-16(12-15)21-17-9-8-14(19)11-13(17)5-2-3-10-18/h8-9,11,15-16H,3-4,6-7,10,12H2,1H3. The molecule has 0 spiro atoms. The normalized spacial score (nSPS) is 21.5. The molecule has 114 valence electrons. The molecule has 1 aromatic carbocycles. The maximum absolute atomic E-state index is 13.4. The van der Waals surface area contributed by atoms with Crippen LogP contribution in [0.4, 0.5) is 4.39 Å². The van der Waals surface area contributed by atoms with Crippen molar-refractivity contribution in [1.82, 2.24) is 0 Å². The zero-order valence-corrected chi connectivity index (χ0v) is 13.0. The smallest absolute Gasteiger partial charge is 0.135 e. The molecule has 1 fully saturated rings. The maximum atomic E-state index is 13.4. The average Bonchev–Trinajstić information content (AvgIpc) is 2.50. The first kappa shape index (κ1) is 16.1. The molecule has 1 aromatic rings. The predicted molar refractivity (Wildman–Crippen MR) is 82.3 cm³/mol. The predicted octanol–water partition coefficient (Wildman–Crippen LogP) is 4.14. The highest BCUT2D eigenvalue weighted by Crippen LogP contribution is 2.27. The summed E-state index contributed by atoms with van der Waals surface area (Å²) < 4.78 is 24.8. The molecule has 0 aromatic heterocycles. The van der Waals surface area contributed by atoms with Crippen molar-refractivity contribution in [1.29, 1.82) is 0 Å². The Bertz CT molecular complexity index is 521. The lowest BCUT2D eigenvalue weighted by Crippen LogP contribution is -2.29. The first-order chi connectivity index (χ1) is 10.2. The van der Waals surface area contributed by atoms with Gasteiger partial charge in [0.25, 0.3) is 0 Å². The molecular formula is C17H20ClFO2. The van der Waals surface area contributed by atoms with Gasteiger partial charge in [-0.2, -0.15) is 0 Å². The summed E-state index contributed by atoms with van der Waals surface area (Å²) in [6.07, 6.45) is 4.93. The van der Waals surface area contributed by atoms with Gasteiger partial charge in [0.05, 0.1) is 11.7 Å². The van der Waals surface area contributed by atoms with Gasteiger partial charge in [0.2, 0.25) is 0 Å². The second-order valence-corrected chi connectivity index (χ2v) is 5.52. The Morgan fingerprint density at radius 1 is 1.33 bits per heavy atom. The Labute approximate surface area is 130 Å². The molecule has 4 heteroatoms. The number of rotatable bonds is 4. The Balaban J connectivity index is 2.10. The fourth-order valence-corrected chi connectivity index (χ4v) is 2.60. The van der Waals surface area contributed by atoms with Crippen molar-refractivity contribution in [3.8, 4) is 17.6 Å². The fourth-order valence-electron chi connectivity index (χ4n) is 2.51. The van der Waals surface area contributed by atoms with Crippen molar-refractivity contribution >= 4 is 11.6 Å². The summed E-state index contributed by atoms with van der Waals surface area (Å²) in [7, 11) is 1.73. The lowest BCUT2D eigenvalue weighted by Gasteiger charge is -2.29. The molecule has 0 N–H and O–H groups in total. The summed E-state index contributed by atoms with van der Waals surface area (Å²) in [4.78, 5) is 0. The van der Waals surface area contributed by atoms with Crippen LogP contribution in [-0.2, 0) is 4.74 Å². The van der Waals surface area contributed by atoms with Crippen LogP contribution in [0.5, 0.6) is 5.75 Å². The molecule has 0 bridgehead atoms. The molecule has 0 heterocycles. The first-order valence-corrected chi connectivity index (χ1v) is 7.80. The monoisotopic (exact) mass is 310 g/mol. The molecule has 21 heavy (non-hydrogen) atoms. The lowest BCUT2D eigenvalue weighted by atomic mass is 9.95. The Morgan fingerprint density at radius 2 is 2.14 bits per heavy atom. The molecule has 1 aliphatic carbocycles. The number of hydrogen-bond acceptors (Lipinski definition) is 2. The van der Waals surface area contributed by atoms with Crippen LogP contribution in [0.2, 0.25) is 0 Å².